The molecule has 25 heavy (non-hydrogen) atoms. The average molecular weight is 360 g/mol. The summed E-state index contributed by atoms with van der Waals surface area (Å²) in [7, 11) is -3.43. The molecule has 1 unspecified atom stereocenters. The Kier molecular flexibility index (Phi) is 6.33. The Hall–Kier alpha value is -2.18. The number of amides is 1. The maximum atomic E-state index is 12.2. The second-order valence-corrected chi connectivity index (χ2v) is 8.06. The molecule has 1 N–H and O–H groups in total. The SMILES string of the molecule is Cc1ccc(NC(=O)CCN(C(C)c2ccccc2)S(C)(=O)=O)cc1. The number of rotatable bonds is 7. The van der Waals surface area contributed by atoms with Gasteiger partial charge in [0.1, 0.15) is 0 Å². The lowest BCUT2D eigenvalue weighted by Gasteiger charge is -2.27. The van der Waals surface area contributed by atoms with E-state index >= 15 is 0 Å². The zero-order chi connectivity index (χ0) is 18.4. The fourth-order valence-corrected chi connectivity index (χ4v) is 3.74. The summed E-state index contributed by atoms with van der Waals surface area (Å²) in [5, 5.41) is 2.79. The lowest BCUT2D eigenvalue weighted by Crippen LogP contribution is -2.35. The van der Waals surface area contributed by atoms with Gasteiger partial charge in [0.05, 0.1) is 6.26 Å². The quantitative estimate of drug-likeness (QED) is 0.823. The summed E-state index contributed by atoms with van der Waals surface area (Å²) in [4.78, 5) is 12.2. The highest BCUT2D eigenvalue weighted by Gasteiger charge is 2.25. The van der Waals surface area contributed by atoms with Crippen LogP contribution in [-0.2, 0) is 14.8 Å². The van der Waals surface area contributed by atoms with Gasteiger partial charge in [0.25, 0.3) is 0 Å². The van der Waals surface area contributed by atoms with Crippen LogP contribution in [0.5, 0.6) is 0 Å². The van der Waals surface area contributed by atoms with Gasteiger partial charge in [-0.25, -0.2) is 8.42 Å². The third-order valence-corrected chi connectivity index (χ3v) is 5.39. The largest absolute Gasteiger partial charge is 0.326 e. The summed E-state index contributed by atoms with van der Waals surface area (Å²) in [5.74, 6) is -0.210. The van der Waals surface area contributed by atoms with Gasteiger partial charge in [0, 0.05) is 24.7 Å². The van der Waals surface area contributed by atoms with E-state index in [4.69, 9.17) is 0 Å². The molecule has 0 bridgehead atoms. The topological polar surface area (TPSA) is 66.5 Å². The number of carbonyl (C=O) groups is 1. The molecular formula is C19H24N2O3S. The molecule has 0 aromatic heterocycles. The number of sulfonamides is 1. The first-order valence-electron chi connectivity index (χ1n) is 8.15. The van der Waals surface area contributed by atoms with Gasteiger partial charge in [-0.05, 0) is 31.5 Å². The van der Waals surface area contributed by atoms with Gasteiger partial charge in [-0.3, -0.25) is 4.79 Å². The van der Waals surface area contributed by atoms with Crippen LogP contribution in [0.1, 0.15) is 30.5 Å². The summed E-state index contributed by atoms with van der Waals surface area (Å²) >= 11 is 0. The second kappa shape index (κ2) is 8.27. The molecule has 1 atom stereocenters. The standard InChI is InChI=1S/C19H24N2O3S/c1-15-9-11-18(12-10-15)20-19(22)13-14-21(25(3,23)24)16(2)17-7-5-4-6-8-17/h4-12,16H,13-14H2,1-3H3,(H,20,22). The first-order valence-corrected chi connectivity index (χ1v) is 10.0. The van der Waals surface area contributed by atoms with Crippen LogP contribution >= 0.6 is 0 Å². The molecule has 0 saturated heterocycles. The molecule has 0 aliphatic rings. The lowest BCUT2D eigenvalue weighted by molar-refractivity contribution is -0.116. The molecule has 2 aromatic carbocycles. The highest BCUT2D eigenvalue weighted by molar-refractivity contribution is 7.88. The number of anilines is 1. The van der Waals surface area contributed by atoms with Crippen LogP contribution in [0.15, 0.2) is 54.6 Å². The highest BCUT2D eigenvalue weighted by Crippen LogP contribution is 2.23. The van der Waals surface area contributed by atoms with Crippen LogP contribution < -0.4 is 5.32 Å². The number of hydrogen-bond donors (Lipinski definition) is 1. The van der Waals surface area contributed by atoms with Crippen LogP contribution in [0.2, 0.25) is 0 Å². The molecular weight excluding hydrogens is 336 g/mol. The van der Waals surface area contributed by atoms with Gasteiger partial charge < -0.3 is 5.32 Å². The molecule has 0 spiro atoms. The summed E-state index contributed by atoms with van der Waals surface area (Å²) in [6.07, 6.45) is 1.27. The molecule has 1 amide bonds. The van der Waals surface area contributed by atoms with E-state index in [1.807, 2.05) is 68.4 Å². The molecule has 0 heterocycles. The highest BCUT2D eigenvalue weighted by atomic mass is 32.2. The second-order valence-electron chi connectivity index (χ2n) is 6.12. The number of aryl methyl sites for hydroxylation is 1. The average Bonchev–Trinajstić information content (AvgIpc) is 2.56. The van der Waals surface area contributed by atoms with Gasteiger partial charge in [0.15, 0.2) is 0 Å². The minimum Gasteiger partial charge on any atom is -0.326 e. The number of carbonyl (C=O) groups excluding carboxylic acids is 1. The lowest BCUT2D eigenvalue weighted by atomic mass is 10.1. The number of nitrogens with zero attached hydrogens (tertiary/aromatic N) is 1. The summed E-state index contributed by atoms with van der Waals surface area (Å²) < 4.78 is 25.7. The smallest absolute Gasteiger partial charge is 0.225 e. The van der Waals surface area contributed by atoms with E-state index in [-0.39, 0.29) is 24.9 Å². The molecule has 0 aliphatic carbocycles. The van der Waals surface area contributed by atoms with E-state index in [0.29, 0.717) is 5.69 Å². The Morgan fingerprint density at radius 2 is 1.68 bits per heavy atom. The van der Waals surface area contributed by atoms with Gasteiger partial charge in [0.2, 0.25) is 15.9 Å². The summed E-state index contributed by atoms with van der Waals surface area (Å²) in [6.45, 7) is 3.93. The Balaban J connectivity index is 2.03. The molecule has 134 valence electrons. The molecule has 0 radical (unpaired) electrons. The normalized spacial score (nSPS) is 12.8. The van der Waals surface area contributed by atoms with E-state index in [0.717, 1.165) is 11.1 Å². The molecule has 0 aliphatic heterocycles. The molecule has 2 rings (SSSR count). The Morgan fingerprint density at radius 1 is 1.08 bits per heavy atom. The first kappa shape index (κ1) is 19.1. The van der Waals surface area contributed by atoms with E-state index in [2.05, 4.69) is 5.32 Å². The number of hydrogen-bond acceptors (Lipinski definition) is 3. The van der Waals surface area contributed by atoms with Gasteiger partial charge in [-0.15, -0.1) is 0 Å². The maximum absolute atomic E-state index is 12.2. The first-order chi connectivity index (χ1) is 11.8. The van der Waals surface area contributed by atoms with E-state index in [1.54, 1.807) is 0 Å². The van der Waals surface area contributed by atoms with E-state index in [1.165, 1.54) is 10.6 Å². The van der Waals surface area contributed by atoms with Crippen molar-refractivity contribution >= 4 is 21.6 Å². The van der Waals surface area contributed by atoms with Gasteiger partial charge in [-0.2, -0.15) is 4.31 Å². The van der Waals surface area contributed by atoms with Crippen molar-refractivity contribution in [3.05, 3.63) is 65.7 Å². The fraction of sp³-hybridized carbons (Fsp3) is 0.316. The fourth-order valence-electron chi connectivity index (χ4n) is 2.62. The summed E-state index contributed by atoms with van der Waals surface area (Å²) in [6, 6.07) is 16.5. The van der Waals surface area contributed by atoms with Crippen LogP contribution in [-0.4, -0.2) is 31.4 Å². The Labute approximate surface area is 149 Å². The Morgan fingerprint density at radius 3 is 2.24 bits per heavy atom. The van der Waals surface area contributed by atoms with Crippen molar-refractivity contribution in [1.82, 2.24) is 4.31 Å². The molecule has 5 nitrogen and oxygen atoms in total. The van der Waals surface area contributed by atoms with Crippen molar-refractivity contribution in [2.24, 2.45) is 0 Å². The van der Waals surface area contributed by atoms with E-state index < -0.39 is 10.0 Å². The van der Waals surface area contributed by atoms with Gasteiger partial charge in [-0.1, -0.05) is 48.0 Å². The molecule has 0 fully saturated rings. The van der Waals surface area contributed by atoms with Crippen LogP contribution in [0.4, 0.5) is 5.69 Å². The monoisotopic (exact) mass is 360 g/mol. The van der Waals surface area contributed by atoms with Crippen LogP contribution in [0, 0.1) is 6.92 Å². The summed E-state index contributed by atoms with van der Waals surface area (Å²) in [5.41, 5.74) is 2.71. The zero-order valence-electron chi connectivity index (χ0n) is 14.8. The minimum absolute atomic E-state index is 0.0954. The molecule has 6 heteroatoms. The van der Waals surface area contributed by atoms with Crippen molar-refractivity contribution in [3.8, 4) is 0 Å². The molecule has 2 aromatic rings. The Bertz CT molecular complexity index is 802. The van der Waals surface area contributed by atoms with Crippen molar-refractivity contribution in [2.45, 2.75) is 26.3 Å². The van der Waals surface area contributed by atoms with Crippen molar-refractivity contribution in [3.63, 3.8) is 0 Å². The van der Waals surface area contributed by atoms with Crippen LogP contribution in [0.3, 0.4) is 0 Å². The van der Waals surface area contributed by atoms with Crippen LogP contribution in [0.25, 0.3) is 0 Å². The van der Waals surface area contributed by atoms with Crippen molar-refractivity contribution in [2.75, 3.05) is 18.1 Å². The predicted molar refractivity (Wildman–Crippen MR) is 101 cm³/mol. The number of nitrogens with one attached hydrogen (secondary N) is 1. The third kappa shape index (κ3) is 5.69. The van der Waals surface area contributed by atoms with Crippen molar-refractivity contribution in [1.29, 1.82) is 0 Å². The van der Waals surface area contributed by atoms with Crippen molar-refractivity contribution < 1.29 is 13.2 Å². The molecule has 0 saturated carbocycles. The minimum atomic E-state index is -3.43. The predicted octanol–water partition coefficient (Wildman–Crippen LogP) is 3.35. The van der Waals surface area contributed by atoms with Gasteiger partial charge >= 0.3 is 0 Å². The zero-order valence-corrected chi connectivity index (χ0v) is 15.6. The maximum Gasteiger partial charge on any atom is 0.225 e. The number of benzene rings is 2. The third-order valence-electron chi connectivity index (χ3n) is 4.03. The van der Waals surface area contributed by atoms with E-state index in [9.17, 15) is 13.2 Å².